The van der Waals surface area contributed by atoms with Crippen LogP contribution in [-0.4, -0.2) is 27.1 Å². The van der Waals surface area contributed by atoms with Gasteiger partial charge in [0.1, 0.15) is 0 Å². The highest BCUT2D eigenvalue weighted by Gasteiger charge is 1.96. The number of carbonyl (C=O) groups is 2. The first kappa shape index (κ1) is 13.1. The summed E-state index contributed by atoms with van der Waals surface area (Å²) in [4.78, 5) is 23.0. The number of nitrogens with zero attached hydrogens (tertiary/aromatic N) is 1. The zero-order valence-electron chi connectivity index (χ0n) is 8.38. The van der Waals surface area contributed by atoms with Crippen LogP contribution in [0.2, 0.25) is 0 Å². The smallest absolute Gasteiger partial charge is 0.303 e. The highest BCUT2D eigenvalue weighted by atomic mass is 16.4. The van der Waals surface area contributed by atoms with E-state index in [9.17, 15) is 4.79 Å². The molecule has 0 spiro atoms. The van der Waals surface area contributed by atoms with Gasteiger partial charge in [-0.3, -0.25) is 14.6 Å². The molecule has 0 aromatic carbocycles. The molecule has 2 N–H and O–H groups in total. The molecule has 82 valence electrons. The quantitative estimate of drug-likeness (QED) is 0.784. The van der Waals surface area contributed by atoms with Gasteiger partial charge in [-0.25, -0.2) is 0 Å². The van der Waals surface area contributed by atoms with E-state index < -0.39 is 11.9 Å². The number of rotatable bonds is 3. The maximum atomic E-state index is 10.2. The summed E-state index contributed by atoms with van der Waals surface area (Å²) in [6, 6.07) is 3.64. The first-order chi connectivity index (χ1) is 7.02. The summed E-state index contributed by atoms with van der Waals surface area (Å²) in [5, 5.41) is 15.8. The van der Waals surface area contributed by atoms with Crippen molar-refractivity contribution < 1.29 is 19.8 Å². The Hall–Kier alpha value is -1.91. The molecule has 0 aliphatic heterocycles. The second-order valence-electron chi connectivity index (χ2n) is 2.77. The van der Waals surface area contributed by atoms with E-state index in [1.165, 1.54) is 0 Å². The molecule has 0 saturated heterocycles. The Bertz CT molecular complexity index is 306. The molecule has 0 radical (unpaired) electrons. The Morgan fingerprint density at radius 1 is 1.27 bits per heavy atom. The van der Waals surface area contributed by atoms with Gasteiger partial charge < -0.3 is 10.2 Å². The standard InChI is InChI=1S/C8H9NO2.C2H4O2/c10-8(11)2-1-7-3-5-9-6-4-7;1-2(3)4/h3-6H,1-2H2,(H,10,11);1H3,(H,3,4). The molecule has 1 aromatic rings. The normalized spacial score (nSPS) is 8.60. The molecular weight excluding hydrogens is 198 g/mol. The van der Waals surface area contributed by atoms with Crippen LogP contribution in [0.5, 0.6) is 0 Å². The summed E-state index contributed by atoms with van der Waals surface area (Å²) in [6.07, 6.45) is 4.09. The Labute approximate surface area is 87.4 Å². The molecule has 1 heterocycles. The van der Waals surface area contributed by atoms with Crippen LogP contribution in [0.4, 0.5) is 0 Å². The van der Waals surface area contributed by atoms with Crippen LogP contribution in [-0.2, 0) is 16.0 Å². The molecule has 0 saturated carbocycles. The van der Waals surface area contributed by atoms with Crippen LogP contribution in [0.3, 0.4) is 0 Å². The third kappa shape index (κ3) is 10.0. The number of aliphatic carboxylic acids is 2. The maximum absolute atomic E-state index is 10.2. The topological polar surface area (TPSA) is 87.5 Å². The van der Waals surface area contributed by atoms with Gasteiger partial charge in [-0.05, 0) is 24.1 Å². The minimum Gasteiger partial charge on any atom is -0.481 e. The Morgan fingerprint density at radius 2 is 1.73 bits per heavy atom. The van der Waals surface area contributed by atoms with Crippen molar-refractivity contribution in [3.63, 3.8) is 0 Å². The van der Waals surface area contributed by atoms with E-state index in [-0.39, 0.29) is 6.42 Å². The van der Waals surface area contributed by atoms with Gasteiger partial charge in [-0.1, -0.05) is 0 Å². The van der Waals surface area contributed by atoms with Crippen molar-refractivity contribution in [3.8, 4) is 0 Å². The summed E-state index contributed by atoms with van der Waals surface area (Å²) in [5.41, 5.74) is 1.02. The third-order valence-corrected chi connectivity index (χ3v) is 1.38. The van der Waals surface area contributed by atoms with Crippen LogP contribution >= 0.6 is 0 Å². The predicted octanol–water partition coefficient (Wildman–Crippen LogP) is 1.19. The second kappa shape index (κ2) is 7.49. The first-order valence-electron chi connectivity index (χ1n) is 4.32. The van der Waals surface area contributed by atoms with Crippen molar-refractivity contribution in [2.45, 2.75) is 19.8 Å². The molecule has 5 heteroatoms. The molecule has 0 amide bonds. The lowest BCUT2D eigenvalue weighted by atomic mass is 10.1. The van der Waals surface area contributed by atoms with Gasteiger partial charge >= 0.3 is 5.97 Å². The minimum absolute atomic E-state index is 0.185. The second-order valence-corrected chi connectivity index (χ2v) is 2.77. The highest BCUT2D eigenvalue weighted by Crippen LogP contribution is 1.99. The number of carboxylic acids is 2. The first-order valence-corrected chi connectivity index (χ1v) is 4.32. The van der Waals surface area contributed by atoms with E-state index in [1.807, 2.05) is 12.1 Å². The van der Waals surface area contributed by atoms with E-state index in [4.69, 9.17) is 15.0 Å². The number of aryl methyl sites for hydroxylation is 1. The summed E-state index contributed by atoms with van der Waals surface area (Å²) in [5.74, 6) is -1.60. The Morgan fingerprint density at radius 3 is 2.13 bits per heavy atom. The number of aromatic nitrogens is 1. The summed E-state index contributed by atoms with van der Waals surface area (Å²) < 4.78 is 0. The largest absolute Gasteiger partial charge is 0.481 e. The van der Waals surface area contributed by atoms with Gasteiger partial charge in [0.2, 0.25) is 0 Å². The lowest BCUT2D eigenvalue weighted by Crippen LogP contribution is -1.96. The molecule has 0 aliphatic carbocycles. The predicted molar refractivity (Wildman–Crippen MR) is 53.5 cm³/mol. The Kier molecular flexibility index (Phi) is 6.54. The molecule has 1 aromatic heterocycles. The molecule has 15 heavy (non-hydrogen) atoms. The van der Waals surface area contributed by atoms with Crippen molar-refractivity contribution in [2.75, 3.05) is 0 Å². The van der Waals surface area contributed by atoms with E-state index >= 15 is 0 Å². The van der Waals surface area contributed by atoms with Crippen LogP contribution in [0.1, 0.15) is 18.9 Å². The highest BCUT2D eigenvalue weighted by molar-refractivity contribution is 5.67. The van der Waals surface area contributed by atoms with Gasteiger partial charge in [0, 0.05) is 25.7 Å². The van der Waals surface area contributed by atoms with Crippen molar-refractivity contribution in [2.24, 2.45) is 0 Å². The number of pyridine rings is 1. The van der Waals surface area contributed by atoms with Crippen molar-refractivity contribution in [1.82, 2.24) is 4.98 Å². The van der Waals surface area contributed by atoms with Crippen LogP contribution in [0.15, 0.2) is 24.5 Å². The number of hydrogen-bond acceptors (Lipinski definition) is 3. The minimum atomic E-state index is -0.833. The molecular formula is C10H13NO4. The molecule has 0 fully saturated rings. The van der Waals surface area contributed by atoms with Gasteiger partial charge in [-0.2, -0.15) is 0 Å². The monoisotopic (exact) mass is 211 g/mol. The molecule has 1 rings (SSSR count). The molecule has 0 aliphatic rings. The fourth-order valence-electron chi connectivity index (χ4n) is 0.801. The summed E-state index contributed by atoms with van der Waals surface area (Å²) in [6.45, 7) is 1.08. The van der Waals surface area contributed by atoms with Gasteiger partial charge in [-0.15, -0.1) is 0 Å². The summed E-state index contributed by atoms with van der Waals surface area (Å²) in [7, 11) is 0. The zero-order chi connectivity index (χ0) is 11.7. The lowest BCUT2D eigenvalue weighted by molar-refractivity contribution is -0.137. The lowest BCUT2D eigenvalue weighted by Gasteiger charge is -1.95. The average Bonchev–Trinajstić information content (AvgIpc) is 2.15. The molecule has 0 bridgehead atoms. The molecule has 0 unspecified atom stereocenters. The average molecular weight is 211 g/mol. The zero-order valence-corrected chi connectivity index (χ0v) is 8.38. The van der Waals surface area contributed by atoms with E-state index in [0.29, 0.717) is 6.42 Å². The number of carboxylic acid groups (broad SMARTS) is 2. The van der Waals surface area contributed by atoms with Crippen molar-refractivity contribution in [3.05, 3.63) is 30.1 Å². The molecule has 0 atom stereocenters. The number of hydrogen-bond donors (Lipinski definition) is 2. The van der Waals surface area contributed by atoms with E-state index in [0.717, 1.165) is 12.5 Å². The van der Waals surface area contributed by atoms with Crippen LogP contribution in [0, 0.1) is 0 Å². The fraction of sp³-hybridized carbons (Fsp3) is 0.300. The van der Waals surface area contributed by atoms with E-state index in [2.05, 4.69) is 4.98 Å². The van der Waals surface area contributed by atoms with Gasteiger partial charge in [0.25, 0.3) is 5.97 Å². The SMILES string of the molecule is CC(=O)O.O=C(O)CCc1ccncc1. The maximum Gasteiger partial charge on any atom is 0.303 e. The van der Waals surface area contributed by atoms with Crippen LogP contribution in [0.25, 0.3) is 0 Å². The van der Waals surface area contributed by atoms with Crippen molar-refractivity contribution in [1.29, 1.82) is 0 Å². The Balaban J connectivity index is 0.000000423. The van der Waals surface area contributed by atoms with E-state index in [1.54, 1.807) is 12.4 Å². The van der Waals surface area contributed by atoms with Crippen LogP contribution < -0.4 is 0 Å². The van der Waals surface area contributed by atoms with Gasteiger partial charge in [0.15, 0.2) is 0 Å². The van der Waals surface area contributed by atoms with Gasteiger partial charge in [0.05, 0.1) is 0 Å². The molecule has 5 nitrogen and oxygen atoms in total. The summed E-state index contributed by atoms with van der Waals surface area (Å²) >= 11 is 0. The van der Waals surface area contributed by atoms with Crippen molar-refractivity contribution >= 4 is 11.9 Å². The third-order valence-electron chi connectivity index (χ3n) is 1.38. The fourth-order valence-corrected chi connectivity index (χ4v) is 0.801.